The van der Waals surface area contributed by atoms with Gasteiger partial charge in [-0.05, 0) is 60.4 Å². The molecule has 4 rings (SSSR count). The number of nitrogens with zero attached hydrogens (tertiary/aromatic N) is 2. The number of hydrogen-bond donors (Lipinski definition) is 0. The Kier molecular flexibility index (Phi) is 5.80. The molecule has 1 unspecified atom stereocenters. The van der Waals surface area contributed by atoms with Crippen molar-refractivity contribution in [3.63, 3.8) is 0 Å². The molecule has 148 valence electrons. The van der Waals surface area contributed by atoms with E-state index in [-0.39, 0.29) is 11.7 Å². The van der Waals surface area contributed by atoms with Crippen LogP contribution in [0, 0.1) is 12.7 Å². The number of benzene rings is 2. The van der Waals surface area contributed by atoms with Crippen LogP contribution in [-0.4, -0.2) is 11.2 Å². The summed E-state index contributed by atoms with van der Waals surface area (Å²) in [5.41, 5.74) is 7.09. The first-order valence-corrected chi connectivity index (χ1v) is 9.97. The topological polar surface area (TPSA) is 25.2 Å². The number of allylic oxidation sites excluding steroid dienone is 5. The van der Waals surface area contributed by atoms with Gasteiger partial charge in [0.2, 0.25) is 0 Å². The number of rotatable bonds is 4. The molecule has 1 aliphatic heterocycles. The summed E-state index contributed by atoms with van der Waals surface area (Å²) in [7, 11) is 0. The second-order valence-corrected chi connectivity index (χ2v) is 7.48. The summed E-state index contributed by atoms with van der Waals surface area (Å²) >= 11 is 0. The van der Waals surface area contributed by atoms with Crippen LogP contribution in [0.5, 0.6) is 0 Å². The van der Waals surface area contributed by atoms with Crippen LogP contribution in [-0.2, 0) is 0 Å². The van der Waals surface area contributed by atoms with Gasteiger partial charge in [-0.1, -0.05) is 60.2 Å². The summed E-state index contributed by atoms with van der Waals surface area (Å²) in [6.07, 6.45) is 9.86. The summed E-state index contributed by atoms with van der Waals surface area (Å²) in [5.74, 6) is -0.410. The lowest BCUT2D eigenvalue weighted by atomic mass is 9.84. The average Bonchev–Trinajstić information content (AvgIpc) is 2.73. The van der Waals surface area contributed by atoms with E-state index in [1.165, 1.54) is 6.07 Å². The Morgan fingerprint density at radius 3 is 2.40 bits per heavy atom. The van der Waals surface area contributed by atoms with Crippen molar-refractivity contribution in [1.29, 1.82) is 0 Å². The van der Waals surface area contributed by atoms with Gasteiger partial charge in [0.15, 0.2) is 0 Å². The van der Waals surface area contributed by atoms with Crippen LogP contribution in [0.1, 0.15) is 35.2 Å². The van der Waals surface area contributed by atoms with Crippen LogP contribution in [0.25, 0.3) is 5.57 Å². The fourth-order valence-corrected chi connectivity index (χ4v) is 3.69. The Balaban J connectivity index is 1.78. The maximum atomic E-state index is 14.0. The van der Waals surface area contributed by atoms with Gasteiger partial charge >= 0.3 is 0 Å². The van der Waals surface area contributed by atoms with Gasteiger partial charge in [-0.2, -0.15) is 0 Å². The van der Waals surface area contributed by atoms with E-state index in [4.69, 9.17) is 0 Å². The standard InChI is InChI=1S/C27H23FN2/c1-19-13-24(21-7-4-3-5-8-21)16-29-17-25(14-19)27(22-9-6-10-26(28)15-22)23-12-11-20(2)30-18-23/h3-18,27H,1-2H3/b19-13?,19-14+,24-13+,24-16?,25-14?,25-17+,29-16+,29-17?. The van der Waals surface area contributed by atoms with Crippen molar-refractivity contribution in [2.24, 2.45) is 4.99 Å². The molecule has 2 nitrogen and oxygen atoms in total. The third-order valence-corrected chi connectivity index (χ3v) is 5.10. The third kappa shape index (κ3) is 4.52. The number of hydrogen-bond acceptors (Lipinski definition) is 2. The molecule has 0 spiro atoms. The highest BCUT2D eigenvalue weighted by Crippen LogP contribution is 2.34. The molecule has 2 heterocycles. The molecule has 0 saturated carbocycles. The van der Waals surface area contributed by atoms with Gasteiger partial charge in [0.1, 0.15) is 5.82 Å². The van der Waals surface area contributed by atoms with E-state index in [2.05, 4.69) is 47.3 Å². The van der Waals surface area contributed by atoms with Gasteiger partial charge in [0, 0.05) is 35.8 Å². The Morgan fingerprint density at radius 1 is 0.833 bits per heavy atom. The van der Waals surface area contributed by atoms with Crippen LogP contribution in [0.2, 0.25) is 0 Å². The molecule has 1 aromatic heterocycles. The Hall–Kier alpha value is -3.59. The molecule has 0 saturated heterocycles. The van der Waals surface area contributed by atoms with Crippen molar-refractivity contribution in [2.75, 3.05) is 0 Å². The van der Waals surface area contributed by atoms with Crippen molar-refractivity contribution < 1.29 is 4.39 Å². The predicted octanol–water partition coefficient (Wildman–Crippen LogP) is 6.66. The molecular formula is C27H23FN2. The van der Waals surface area contributed by atoms with E-state index < -0.39 is 0 Å². The van der Waals surface area contributed by atoms with Crippen molar-refractivity contribution in [2.45, 2.75) is 19.8 Å². The minimum atomic E-state index is -0.250. The van der Waals surface area contributed by atoms with Gasteiger partial charge in [-0.25, -0.2) is 4.39 Å². The molecule has 2 aromatic carbocycles. The number of halogens is 1. The maximum absolute atomic E-state index is 14.0. The highest BCUT2D eigenvalue weighted by atomic mass is 19.1. The zero-order valence-corrected chi connectivity index (χ0v) is 17.1. The van der Waals surface area contributed by atoms with Crippen molar-refractivity contribution >= 4 is 11.8 Å². The van der Waals surface area contributed by atoms with Gasteiger partial charge in [0.25, 0.3) is 0 Å². The molecule has 0 aliphatic carbocycles. The highest BCUT2D eigenvalue weighted by Gasteiger charge is 2.20. The summed E-state index contributed by atoms with van der Waals surface area (Å²) in [5, 5.41) is 0. The Morgan fingerprint density at radius 2 is 1.67 bits per heavy atom. The van der Waals surface area contributed by atoms with Gasteiger partial charge in [-0.3, -0.25) is 9.98 Å². The highest BCUT2D eigenvalue weighted by molar-refractivity contribution is 6.10. The second-order valence-electron chi connectivity index (χ2n) is 7.48. The minimum Gasteiger partial charge on any atom is -0.264 e. The number of aromatic nitrogens is 1. The lowest BCUT2D eigenvalue weighted by Gasteiger charge is -2.20. The summed E-state index contributed by atoms with van der Waals surface area (Å²) < 4.78 is 14.0. The zero-order chi connectivity index (χ0) is 20.9. The fourth-order valence-electron chi connectivity index (χ4n) is 3.69. The molecule has 1 aliphatic rings. The van der Waals surface area contributed by atoms with Crippen molar-refractivity contribution in [3.05, 3.63) is 131 Å². The molecule has 0 amide bonds. The zero-order valence-electron chi connectivity index (χ0n) is 17.1. The molecule has 3 aromatic rings. The van der Waals surface area contributed by atoms with E-state index in [0.717, 1.165) is 39.1 Å². The normalized spacial score (nSPS) is 21.1. The van der Waals surface area contributed by atoms with E-state index >= 15 is 0 Å². The molecule has 0 N–H and O–H groups in total. The number of aliphatic imine (C=N–C) groups is 1. The first-order chi connectivity index (χ1) is 14.6. The second kappa shape index (κ2) is 8.83. The first-order valence-electron chi connectivity index (χ1n) is 9.97. The number of aryl methyl sites for hydroxylation is 1. The Bertz CT molecular complexity index is 1150. The first kappa shape index (κ1) is 19.7. The smallest absolute Gasteiger partial charge is 0.123 e. The summed E-state index contributed by atoms with van der Waals surface area (Å²) in [4.78, 5) is 9.07. The molecule has 0 radical (unpaired) electrons. The molecule has 3 heteroatoms. The van der Waals surface area contributed by atoms with E-state index in [1.54, 1.807) is 12.1 Å². The van der Waals surface area contributed by atoms with Crippen LogP contribution in [0.4, 0.5) is 4.39 Å². The van der Waals surface area contributed by atoms with Crippen LogP contribution in [0.15, 0.2) is 107 Å². The maximum Gasteiger partial charge on any atom is 0.123 e. The lowest BCUT2D eigenvalue weighted by molar-refractivity contribution is 0.625. The van der Waals surface area contributed by atoms with Crippen molar-refractivity contribution in [1.82, 2.24) is 4.98 Å². The van der Waals surface area contributed by atoms with E-state index in [1.807, 2.05) is 55.9 Å². The molecule has 1 atom stereocenters. The molecule has 30 heavy (non-hydrogen) atoms. The monoisotopic (exact) mass is 394 g/mol. The van der Waals surface area contributed by atoms with Gasteiger partial charge in [0.05, 0.1) is 0 Å². The molecule has 0 fully saturated rings. The van der Waals surface area contributed by atoms with Crippen LogP contribution < -0.4 is 0 Å². The fraction of sp³-hybridized carbons (Fsp3) is 0.111. The van der Waals surface area contributed by atoms with Gasteiger partial charge < -0.3 is 0 Å². The summed E-state index contributed by atoms with van der Waals surface area (Å²) in [6, 6.07) is 21.0. The van der Waals surface area contributed by atoms with Crippen LogP contribution >= 0.6 is 0 Å². The van der Waals surface area contributed by atoms with E-state index in [0.29, 0.717) is 0 Å². The van der Waals surface area contributed by atoms with Gasteiger partial charge in [-0.15, -0.1) is 0 Å². The SMILES string of the molecule is CC1=C\C(C(c2ccc(C)nc2)c2cccc(F)c2)=C/N=C/C(c2ccccc2)=C\1. The largest absolute Gasteiger partial charge is 0.264 e. The van der Waals surface area contributed by atoms with E-state index in [9.17, 15) is 4.39 Å². The quantitative estimate of drug-likeness (QED) is 0.486. The molecular weight excluding hydrogens is 371 g/mol. The third-order valence-electron chi connectivity index (χ3n) is 5.10. The molecule has 0 bridgehead atoms. The van der Waals surface area contributed by atoms with Crippen molar-refractivity contribution in [3.8, 4) is 0 Å². The van der Waals surface area contributed by atoms with Crippen LogP contribution in [0.3, 0.4) is 0 Å². The average molecular weight is 394 g/mol. The lowest BCUT2D eigenvalue weighted by Crippen LogP contribution is -2.06. The predicted molar refractivity (Wildman–Crippen MR) is 122 cm³/mol. The minimum absolute atomic E-state index is 0.160. The summed E-state index contributed by atoms with van der Waals surface area (Å²) in [6.45, 7) is 4.03. The Labute approximate surface area is 176 Å². The number of pyridine rings is 1.